The second-order valence-corrected chi connectivity index (χ2v) is 5.55. The number of hydrogen-bond donors (Lipinski definition) is 2. The highest BCUT2D eigenvalue weighted by atomic mass is 15.0. The van der Waals surface area contributed by atoms with Gasteiger partial charge < -0.3 is 11.1 Å². The van der Waals surface area contributed by atoms with Crippen LogP contribution >= 0.6 is 0 Å². The molecule has 1 aliphatic rings. The summed E-state index contributed by atoms with van der Waals surface area (Å²) < 4.78 is 0. The number of nitrogens with one attached hydrogen (secondary N) is 1. The molecule has 0 aliphatic heterocycles. The summed E-state index contributed by atoms with van der Waals surface area (Å²) in [6.07, 6.45) is 6.36. The van der Waals surface area contributed by atoms with Gasteiger partial charge in [-0.15, -0.1) is 0 Å². The third-order valence-electron chi connectivity index (χ3n) is 3.80. The van der Waals surface area contributed by atoms with E-state index in [4.69, 9.17) is 5.73 Å². The van der Waals surface area contributed by atoms with Gasteiger partial charge in [0, 0.05) is 18.1 Å². The van der Waals surface area contributed by atoms with Crippen LogP contribution in [0.2, 0.25) is 0 Å². The van der Waals surface area contributed by atoms with E-state index in [1.807, 2.05) is 0 Å². The third kappa shape index (κ3) is 3.55. The van der Waals surface area contributed by atoms with Crippen molar-refractivity contribution in [1.82, 2.24) is 5.32 Å². The van der Waals surface area contributed by atoms with Crippen LogP contribution in [0.5, 0.6) is 0 Å². The van der Waals surface area contributed by atoms with Crippen molar-refractivity contribution in [3.63, 3.8) is 0 Å². The Morgan fingerprint density at radius 3 is 2.47 bits per heavy atom. The summed E-state index contributed by atoms with van der Waals surface area (Å²) in [5.74, 6) is 0. The molecule has 2 rings (SSSR count). The highest BCUT2D eigenvalue weighted by Crippen LogP contribution is 2.22. The molecule has 0 saturated heterocycles. The number of nitrogens with two attached hydrogens (primary N) is 1. The highest BCUT2D eigenvalue weighted by Gasteiger charge is 2.27. The number of hydrogen-bond acceptors (Lipinski definition) is 2. The molecule has 1 aliphatic carbocycles. The monoisotopic (exact) mass is 232 g/mol. The Kier molecular flexibility index (Phi) is 4.19. The smallest absolute Gasteiger partial charge is 0.0318 e. The van der Waals surface area contributed by atoms with E-state index in [0.717, 1.165) is 6.42 Å². The summed E-state index contributed by atoms with van der Waals surface area (Å²) in [7, 11) is 0. The van der Waals surface area contributed by atoms with E-state index >= 15 is 0 Å². The summed E-state index contributed by atoms with van der Waals surface area (Å²) in [6, 6.07) is 11.3. The molecule has 2 heteroatoms. The minimum absolute atomic E-state index is 0.0381. The fourth-order valence-corrected chi connectivity index (χ4v) is 2.79. The van der Waals surface area contributed by atoms with E-state index < -0.39 is 0 Å². The molecule has 1 aromatic rings. The Bertz CT molecular complexity index is 330. The van der Waals surface area contributed by atoms with Gasteiger partial charge in [0.15, 0.2) is 0 Å². The lowest BCUT2D eigenvalue weighted by molar-refractivity contribution is 0.313. The Balaban J connectivity index is 1.98. The van der Waals surface area contributed by atoms with Gasteiger partial charge in [-0.25, -0.2) is 0 Å². The lowest BCUT2D eigenvalue weighted by Gasteiger charge is -2.33. The molecule has 0 aromatic heterocycles. The van der Waals surface area contributed by atoms with E-state index in [2.05, 4.69) is 42.6 Å². The van der Waals surface area contributed by atoms with Gasteiger partial charge in [-0.05, 0) is 31.7 Å². The standard InChI is InChI=1S/C15H24N2/c1-15(12-16,17-14-9-5-6-10-14)11-13-7-3-2-4-8-13/h2-4,7-8,14,17H,5-6,9-12,16H2,1H3. The quantitative estimate of drug-likeness (QED) is 0.818. The second kappa shape index (κ2) is 5.65. The zero-order valence-corrected chi connectivity index (χ0v) is 10.8. The summed E-state index contributed by atoms with van der Waals surface area (Å²) in [6.45, 7) is 2.94. The molecule has 0 spiro atoms. The van der Waals surface area contributed by atoms with Crippen LogP contribution in [0.3, 0.4) is 0 Å². The van der Waals surface area contributed by atoms with Crippen LogP contribution in [-0.2, 0) is 6.42 Å². The zero-order valence-electron chi connectivity index (χ0n) is 10.8. The Labute approximate surface area is 105 Å². The molecule has 1 unspecified atom stereocenters. The maximum atomic E-state index is 5.97. The molecule has 0 amide bonds. The van der Waals surface area contributed by atoms with Gasteiger partial charge >= 0.3 is 0 Å². The molecule has 1 saturated carbocycles. The summed E-state index contributed by atoms with van der Waals surface area (Å²) >= 11 is 0. The molecule has 94 valence electrons. The van der Waals surface area contributed by atoms with Crippen LogP contribution in [0.4, 0.5) is 0 Å². The second-order valence-electron chi connectivity index (χ2n) is 5.55. The van der Waals surface area contributed by atoms with Gasteiger partial charge in [-0.3, -0.25) is 0 Å². The minimum atomic E-state index is 0.0381. The first-order valence-corrected chi connectivity index (χ1v) is 6.73. The van der Waals surface area contributed by atoms with E-state index in [1.54, 1.807) is 0 Å². The Morgan fingerprint density at radius 2 is 1.88 bits per heavy atom. The molecular formula is C15H24N2. The SMILES string of the molecule is CC(CN)(Cc1ccccc1)NC1CCCC1. The van der Waals surface area contributed by atoms with Crippen molar-refractivity contribution in [2.24, 2.45) is 5.73 Å². The molecule has 1 fully saturated rings. The van der Waals surface area contributed by atoms with Crippen LogP contribution in [0, 0.1) is 0 Å². The van der Waals surface area contributed by atoms with Crippen LogP contribution in [-0.4, -0.2) is 18.1 Å². The van der Waals surface area contributed by atoms with E-state index in [0.29, 0.717) is 12.6 Å². The molecule has 0 radical (unpaired) electrons. The van der Waals surface area contributed by atoms with Gasteiger partial charge in [0.1, 0.15) is 0 Å². The van der Waals surface area contributed by atoms with Crippen LogP contribution in [0.1, 0.15) is 38.2 Å². The van der Waals surface area contributed by atoms with Crippen LogP contribution < -0.4 is 11.1 Å². The van der Waals surface area contributed by atoms with E-state index in [9.17, 15) is 0 Å². The molecule has 1 aromatic carbocycles. The summed E-state index contributed by atoms with van der Waals surface area (Å²) in [4.78, 5) is 0. The first-order chi connectivity index (χ1) is 8.22. The molecule has 3 N–H and O–H groups in total. The molecule has 17 heavy (non-hydrogen) atoms. The molecule has 1 atom stereocenters. The van der Waals surface area contributed by atoms with Crippen molar-refractivity contribution in [1.29, 1.82) is 0 Å². The topological polar surface area (TPSA) is 38.0 Å². The van der Waals surface area contributed by atoms with Gasteiger partial charge in [0.2, 0.25) is 0 Å². The first kappa shape index (κ1) is 12.6. The predicted molar refractivity (Wildman–Crippen MR) is 73.0 cm³/mol. The fourth-order valence-electron chi connectivity index (χ4n) is 2.79. The summed E-state index contributed by atoms with van der Waals surface area (Å²) in [5, 5.41) is 3.77. The van der Waals surface area contributed by atoms with Crippen molar-refractivity contribution in [3.05, 3.63) is 35.9 Å². The Morgan fingerprint density at radius 1 is 1.24 bits per heavy atom. The molecule has 2 nitrogen and oxygen atoms in total. The number of rotatable bonds is 5. The van der Waals surface area contributed by atoms with Crippen LogP contribution in [0.25, 0.3) is 0 Å². The largest absolute Gasteiger partial charge is 0.329 e. The number of benzene rings is 1. The fraction of sp³-hybridized carbons (Fsp3) is 0.600. The lowest BCUT2D eigenvalue weighted by Crippen LogP contribution is -2.53. The first-order valence-electron chi connectivity index (χ1n) is 6.73. The van der Waals surface area contributed by atoms with Crippen molar-refractivity contribution in [2.75, 3.05) is 6.54 Å². The maximum Gasteiger partial charge on any atom is 0.0318 e. The Hall–Kier alpha value is -0.860. The minimum Gasteiger partial charge on any atom is -0.329 e. The van der Waals surface area contributed by atoms with Gasteiger partial charge in [-0.2, -0.15) is 0 Å². The van der Waals surface area contributed by atoms with Crippen molar-refractivity contribution < 1.29 is 0 Å². The normalized spacial score (nSPS) is 20.4. The van der Waals surface area contributed by atoms with Crippen molar-refractivity contribution in [2.45, 2.75) is 50.6 Å². The highest BCUT2D eigenvalue weighted by molar-refractivity contribution is 5.18. The summed E-state index contributed by atoms with van der Waals surface area (Å²) in [5.41, 5.74) is 7.38. The van der Waals surface area contributed by atoms with Gasteiger partial charge in [-0.1, -0.05) is 43.2 Å². The van der Waals surface area contributed by atoms with Crippen molar-refractivity contribution in [3.8, 4) is 0 Å². The molecular weight excluding hydrogens is 208 g/mol. The van der Waals surface area contributed by atoms with Crippen LogP contribution in [0.15, 0.2) is 30.3 Å². The molecule has 0 bridgehead atoms. The molecule has 0 heterocycles. The average molecular weight is 232 g/mol. The van der Waals surface area contributed by atoms with Crippen molar-refractivity contribution >= 4 is 0 Å². The lowest BCUT2D eigenvalue weighted by atomic mass is 9.91. The average Bonchev–Trinajstić information content (AvgIpc) is 2.83. The van der Waals surface area contributed by atoms with Gasteiger partial charge in [0.25, 0.3) is 0 Å². The zero-order chi connectivity index (χ0) is 12.1. The van der Waals surface area contributed by atoms with Gasteiger partial charge in [0.05, 0.1) is 0 Å². The van der Waals surface area contributed by atoms with E-state index in [1.165, 1.54) is 31.2 Å². The van der Waals surface area contributed by atoms with E-state index in [-0.39, 0.29) is 5.54 Å². The maximum absolute atomic E-state index is 5.97. The predicted octanol–water partition coefficient (Wildman–Crippen LogP) is 2.48. The third-order valence-corrected chi connectivity index (χ3v) is 3.80.